The van der Waals surface area contributed by atoms with Crippen molar-refractivity contribution in [2.75, 3.05) is 0 Å². The number of carbonyl (C=O) groups is 2. The number of ether oxygens (including phenoxy) is 3. The zero-order chi connectivity index (χ0) is 32.0. The van der Waals surface area contributed by atoms with Crippen LogP contribution in [0.2, 0.25) is 0 Å². The van der Waals surface area contributed by atoms with Crippen LogP contribution in [-0.4, -0.2) is 148 Å². The van der Waals surface area contributed by atoms with Gasteiger partial charge in [-0.15, -0.1) is 0 Å². The number of carbonyl (C=O) groups excluding carboxylic acids is 2. The predicted molar refractivity (Wildman–Crippen MR) is 144 cm³/mol. The van der Waals surface area contributed by atoms with Gasteiger partial charge < -0.3 is 65.3 Å². The number of esters is 2. The van der Waals surface area contributed by atoms with E-state index in [9.17, 15) is 60.7 Å². The van der Waals surface area contributed by atoms with E-state index in [0.717, 1.165) is 0 Å². The standard InChI is InChI=1S/C29H46O15/c30-13-7-21-14(22(8-13)43-28(40)11-3-17(33)25(38)18(34)4-11)9-23(27(42-21)10-1-15(31)24(37)16(32)2-10)44-29(41)12-5-19(35)26(39)20(36)6-12/h10-27,30-39H,1-9H2/t10?,11?,12?,13?,14?,15?,16?,17?,18?,19?,20?,21?,22?,23-,24?,25?,26?,27-/m1/s1. The van der Waals surface area contributed by atoms with Gasteiger partial charge in [0, 0.05) is 18.8 Å². The summed E-state index contributed by atoms with van der Waals surface area (Å²) in [5.41, 5.74) is 0. The SMILES string of the molecule is O=C(OC1CC(O)CC2O[C@H](C3CC(O)C(O)C(O)C3)[C@H](OC(=O)C3CC(O)C(O)C(O)C3)CC12)C1CC(O)C(O)C(O)C1. The van der Waals surface area contributed by atoms with Gasteiger partial charge in [-0.25, -0.2) is 0 Å². The molecule has 15 nitrogen and oxygen atoms in total. The summed E-state index contributed by atoms with van der Waals surface area (Å²) in [4.78, 5) is 26.5. The summed E-state index contributed by atoms with van der Waals surface area (Å²) in [5.74, 6) is -4.44. The first kappa shape index (κ1) is 33.9. The first-order chi connectivity index (χ1) is 20.7. The van der Waals surface area contributed by atoms with Crippen molar-refractivity contribution in [2.45, 2.75) is 143 Å². The maximum Gasteiger partial charge on any atom is 0.309 e. The Bertz CT molecular complexity index is 977. The summed E-state index contributed by atoms with van der Waals surface area (Å²) in [5, 5.41) is 102. The molecule has 0 aromatic heterocycles. The summed E-state index contributed by atoms with van der Waals surface area (Å²) < 4.78 is 18.1. The van der Waals surface area contributed by atoms with Crippen molar-refractivity contribution in [2.24, 2.45) is 23.7 Å². The van der Waals surface area contributed by atoms with Gasteiger partial charge in [-0.3, -0.25) is 9.59 Å². The molecule has 0 radical (unpaired) electrons. The molecular formula is C29H46O15. The van der Waals surface area contributed by atoms with E-state index in [1.165, 1.54) is 0 Å². The maximum atomic E-state index is 13.3. The molecule has 1 aliphatic heterocycles. The summed E-state index contributed by atoms with van der Waals surface area (Å²) >= 11 is 0. The molecule has 0 aromatic carbocycles. The first-order valence-corrected chi connectivity index (χ1v) is 15.6. The number of aliphatic hydroxyl groups is 10. The van der Waals surface area contributed by atoms with Crippen molar-refractivity contribution in [3.63, 3.8) is 0 Å². The molecule has 12 atom stereocenters. The van der Waals surface area contributed by atoms with Crippen molar-refractivity contribution in [1.29, 1.82) is 0 Å². The van der Waals surface area contributed by atoms with E-state index in [0.29, 0.717) is 0 Å². The van der Waals surface area contributed by atoms with E-state index >= 15 is 0 Å². The van der Waals surface area contributed by atoms with Crippen LogP contribution in [0.5, 0.6) is 0 Å². The molecule has 5 aliphatic rings. The lowest BCUT2D eigenvalue weighted by Gasteiger charge is -2.50. The average Bonchev–Trinajstić information content (AvgIpc) is 2.96. The molecule has 10 N–H and O–H groups in total. The minimum Gasteiger partial charge on any atom is -0.462 e. The molecule has 5 rings (SSSR count). The van der Waals surface area contributed by atoms with Gasteiger partial charge in [-0.1, -0.05) is 0 Å². The van der Waals surface area contributed by atoms with Crippen LogP contribution in [0.1, 0.15) is 57.8 Å². The van der Waals surface area contributed by atoms with Gasteiger partial charge in [-0.2, -0.15) is 0 Å². The average molecular weight is 635 g/mol. The second-order valence-electron chi connectivity index (χ2n) is 13.6. The Morgan fingerprint density at radius 2 is 0.909 bits per heavy atom. The number of aliphatic hydroxyl groups excluding tert-OH is 10. The van der Waals surface area contributed by atoms with Crippen molar-refractivity contribution in [1.82, 2.24) is 0 Å². The monoisotopic (exact) mass is 634 g/mol. The molecule has 0 aromatic rings. The van der Waals surface area contributed by atoms with Crippen molar-refractivity contribution >= 4 is 11.9 Å². The highest BCUT2D eigenvalue weighted by Gasteiger charge is 2.53. The van der Waals surface area contributed by atoms with Crippen LogP contribution in [-0.2, 0) is 23.8 Å². The number of hydrogen-bond acceptors (Lipinski definition) is 15. The zero-order valence-electron chi connectivity index (χ0n) is 24.3. The summed E-state index contributed by atoms with van der Waals surface area (Å²) in [6.45, 7) is 0. The van der Waals surface area contributed by atoms with Gasteiger partial charge in [0.25, 0.3) is 0 Å². The highest BCUT2D eigenvalue weighted by atomic mass is 16.6. The quantitative estimate of drug-likeness (QED) is 0.130. The minimum atomic E-state index is -1.40. The third-order valence-corrected chi connectivity index (χ3v) is 10.4. The Hall–Kier alpha value is -1.50. The van der Waals surface area contributed by atoms with E-state index in [4.69, 9.17) is 14.2 Å². The fourth-order valence-corrected chi connectivity index (χ4v) is 7.86. The summed E-state index contributed by atoms with van der Waals surface area (Å²) in [6, 6.07) is 0. The Morgan fingerprint density at radius 1 is 0.500 bits per heavy atom. The van der Waals surface area contributed by atoms with E-state index in [1.54, 1.807) is 0 Å². The molecule has 1 saturated heterocycles. The van der Waals surface area contributed by atoms with Gasteiger partial charge in [0.1, 0.15) is 30.5 Å². The van der Waals surface area contributed by atoms with E-state index in [2.05, 4.69) is 0 Å². The predicted octanol–water partition coefficient (Wildman–Crippen LogP) is -3.78. The molecule has 4 saturated carbocycles. The van der Waals surface area contributed by atoms with E-state index in [-0.39, 0.29) is 57.8 Å². The van der Waals surface area contributed by atoms with Crippen LogP contribution >= 0.6 is 0 Å². The number of hydrogen-bond donors (Lipinski definition) is 10. The Balaban J connectivity index is 1.34. The van der Waals surface area contributed by atoms with Crippen LogP contribution in [0.4, 0.5) is 0 Å². The fourth-order valence-electron chi connectivity index (χ4n) is 7.86. The summed E-state index contributed by atoms with van der Waals surface area (Å²) in [7, 11) is 0. The van der Waals surface area contributed by atoms with Crippen LogP contribution in [0, 0.1) is 23.7 Å². The van der Waals surface area contributed by atoms with Crippen molar-refractivity contribution < 1.29 is 74.9 Å². The Labute approximate surface area is 254 Å². The smallest absolute Gasteiger partial charge is 0.309 e. The highest BCUT2D eigenvalue weighted by Crippen LogP contribution is 2.44. The van der Waals surface area contributed by atoms with Gasteiger partial charge in [0.15, 0.2) is 0 Å². The maximum absolute atomic E-state index is 13.3. The molecule has 0 spiro atoms. The van der Waals surface area contributed by atoms with E-state index < -0.39 is 121 Å². The summed E-state index contributed by atoms with van der Waals surface area (Å²) in [6.07, 6.45) is -16.5. The third kappa shape index (κ3) is 7.08. The van der Waals surface area contributed by atoms with Crippen LogP contribution in [0.15, 0.2) is 0 Å². The molecule has 4 aliphatic carbocycles. The molecule has 1 heterocycles. The molecule has 10 unspecified atom stereocenters. The molecule has 5 fully saturated rings. The molecular weight excluding hydrogens is 588 g/mol. The van der Waals surface area contributed by atoms with Gasteiger partial charge in [-0.05, 0) is 50.9 Å². The number of rotatable bonds is 5. The van der Waals surface area contributed by atoms with Crippen LogP contribution in [0.3, 0.4) is 0 Å². The largest absolute Gasteiger partial charge is 0.462 e. The topological polar surface area (TPSA) is 264 Å². The van der Waals surface area contributed by atoms with Crippen molar-refractivity contribution in [3.8, 4) is 0 Å². The van der Waals surface area contributed by atoms with Gasteiger partial charge in [0.05, 0.1) is 66.8 Å². The number of fused-ring (bicyclic) bond motifs is 1. The molecule has 44 heavy (non-hydrogen) atoms. The Morgan fingerprint density at radius 3 is 1.36 bits per heavy atom. The normalized spacial score (nSPS) is 51.6. The van der Waals surface area contributed by atoms with Gasteiger partial charge >= 0.3 is 11.9 Å². The second-order valence-corrected chi connectivity index (χ2v) is 13.6. The van der Waals surface area contributed by atoms with E-state index in [1.807, 2.05) is 0 Å². The third-order valence-electron chi connectivity index (χ3n) is 10.4. The van der Waals surface area contributed by atoms with Crippen molar-refractivity contribution in [3.05, 3.63) is 0 Å². The van der Waals surface area contributed by atoms with Crippen LogP contribution in [0.25, 0.3) is 0 Å². The molecule has 0 bridgehead atoms. The lowest BCUT2D eigenvalue weighted by atomic mass is 9.72. The molecule has 0 amide bonds. The Kier molecular flexibility index (Phi) is 10.5. The highest BCUT2D eigenvalue weighted by molar-refractivity contribution is 5.73. The molecule has 15 heteroatoms. The lowest BCUT2D eigenvalue weighted by molar-refractivity contribution is -0.237. The minimum absolute atomic E-state index is 0.0283. The zero-order valence-corrected chi connectivity index (χ0v) is 24.3. The van der Waals surface area contributed by atoms with Gasteiger partial charge in [0.2, 0.25) is 0 Å². The lowest BCUT2D eigenvalue weighted by Crippen LogP contribution is -2.59. The first-order valence-electron chi connectivity index (χ1n) is 15.6. The van der Waals surface area contributed by atoms with Crippen LogP contribution < -0.4 is 0 Å². The molecule has 252 valence electrons. The second kappa shape index (κ2) is 13.7. The fraction of sp³-hybridized carbons (Fsp3) is 0.931.